The van der Waals surface area contributed by atoms with E-state index in [2.05, 4.69) is 22.2 Å². The number of rotatable bonds is 6. The first-order valence-corrected chi connectivity index (χ1v) is 7.19. The van der Waals surface area contributed by atoms with Crippen LogP contribution in [-0.2, 0) is 9.53 Å². The van der Waals surface area contributed by atoms with Crippen molar-refractivity contribution in [3.63, 3.8) is 0 Å². The van der Waals surface area contributed by atoms with Crippen LogP contribution in [0, 0.1) is 6.92 Å². The highest BCUT2D eigenvalue weighted by Gasteiger charge is 2.15. The Morgan fingerprint density at radius 3 is 2.90 bits per heavy atom. The highest BCUT2D eigenvalue weighted by atomic mass is 16.5. The molecule has 0 aliphatic carbocycles. The van der Waals surface area contributed by atoms with Gasteiger partial charge in [-0.3, -0.25) is 4.79 Å². The van der Waals surface area contributed by atoms with Crippen molar-refractivity contribution in [1.29, 1.82) is 0 Å². The maximum absolute atomic E-state index is 11.5. The minimum atomic E-state index is -0.213. The van der Waals surface area contributed by atoms with E-state index in [-0.39, 0.29) is 12.0 Å². The zero-order chi connectivity index (χ0) is 15.2. The van der Waals surface area contributed by atoms with Crippen LogP contribution in [0.1, 0.15) is 31.7 Å². The SMILES string of the molecule is CCCC(CC(=O)OC)Nc1ncnc2c(C)cccc12. The second-order valence-electron chi connectivity index (χ2n) is 5.10. The average molecular weight is 287 g/mol. The number of hydrogen-bond donors (Lipinski definition) is 1. The van der Waals surface area contributed by atoms with E-state index < -0.39 is 0 Å². The molecule has 1 aromatic heterocycles. The molecule has 0 aliphatic heterocycles. The number of carbonyl (C=O) groups is 1. The number of aryl methyl sites for hydroxylation is 1. The van der Waals surface area contributed by atoms with Crippen molar-refractivity contribution >= 4 is 22.7 Å². The van der Waals surface area contributed by atoms with Crippen molar-refractivity contribution in [3.8, 4) is 0 Å². The summed E-state index contributed by atoms with van der Waals surface area (Å²) in [4.78, 5) is 20.2. The molecule has 0 bridgehead atoms. The highest BCUT2D eigenvalue weighted by molar-refractivity contribution is 5.91. The minimum absolute atomic E-state index is 0.0149. The van der Waals surface area contributed by atoms with E-state index in [1.165, 1.54) is 7.11 Å². The van der Waals surface area contributed by atoms with E-state index >= 15 is 0 Å². The van der Waals surface area contributed by atoms with Crippen LogP contribution in [-0.4, -0.2) is 29.1 Å². The molecule has 0 amide bonds. The van der Waals surface area contributed by atoms with Gasteiger partial charge in [-0.1, -0.05) is 25.5 Å². The molecule has 21 heavy (non-hydrogen) atoms. The van der Waals surface area contributed by atoms with Crippen molar-refractivity contribution in [2.75, 3.05) is 12.4 Å². The molecule has 0 spiro atoms. The summed E-state index contributed by atoms with van der Waals surface area (Å²) in [5, 5.41) is 4.34. The Balaban J connectivity index is 2.28. The summed E-state index contributed by atoms with van der Waals surface area (Å²) in [5.41, 5.74) is 2.04. The number of hydrogen-bond acceptors (Lipinski definition) is 5. The standard InChI is InChI=1S/C16H21N3O2/c1-4-6-12(9-14(20)21-3)19-16-13-8-5-7-11(2)15(13)17-10-18-16/h5,7-8,10,12H,4,6,9H2,1-3H3,(H,17,18,19). The summed E-state index contributed by atoms with van der Waals surface area (Å²) in [6, 6.07) is 6.02. The second-order valence-corrected chi connectivity index (χ2v) is 5.10. The second kappa shape index (κ2) is 7.02. The highest BCUT2D eigenvalue weighted by Crippen LogP contribution is 2.23. The molecule has 0 saturated heterocycles. The van der Waals surface area contributed by atoms with Crippen LogP contribution in [0.25, 0.3) is 10.9 Å². The first-order valence-electron chi connectivity index (χ1n) is 7.19. The molecule has 0 aliphatic rings. The fraction of sp³-hybridized carbons (Fsp3) is 0.438. The molecule has 2 rings (SSSR count). The Bertz CT molecular complexity index is 628. The maximum atomic E-state index is 11.5. The van der Waals surface area contributed by atoms with Crippen LogP contribution in [0.4, 0.5) is 5.82 Å². The Labute approximate surface area is 124 Å². The first kappa shape index (κ1) is 15.2. The number of methoxy groups -OCH3 is 1. The lowest BCUT2D eigenvalue weighted by atomic mass is 10.1. The molecule has 0 saturated carbocycles. The van der Waals surface area contributed by atoms with E-state index in [1.54, 1.807) is 6.33 Å². The Kier molecular flexibility index (Phi) is 5.09. The van der Waals surface area contributed by atoms with Crippen molar-refractivity contribution in [2.45, 2.75) is 39.2 Å². The molecule has 5 nitrogen and oxygen atoms in total. The van der Waals surface area contributed by atoms with Gasteiger partial charge in [-0.2, -0.15) is 0 Å². The zero-order valence-electron chi connectivity index (χ0n) is 12.7. The molecule has 0 fully saturated rings. The lowest BCUT2D eigenvalue weighted by Gasteiger charge is -2.18. The largest absolute Gasteiger partial charge is 0.469 e. The summed E-state index contributed by atoms with van der Waals surface area (Å²) in [6.07, 6.45) is 3.75. The number of aromatic nitrogens is 2. The average Bonchev–Trinajstić information content (AvgIpc) is 2.48. The van der Waals surface area contributed by atoms with E-state index in [0.29, 0.717) is 6.42 Å². The number of para-hydroxylation sites is 1. The first-order chi connectivity index (χ1) is 10.2. The molecule has 1 N–H and O–H groups in total. The summed E-state index contributed by atoms with van der Waals surface area (Å²) >= 11 is 0. The predicted molar refractivity (Wildman–Crippen MR) is 83.2 cm³/mol. The number of nitrogens with one attached hydrogen (secondary N) is 1. The van der Waals surface area contributed by atoms with E-state index in [9.17, 15) is 4.79 Å². The van der Waals surface area contributed by atoms with Gasteiger partial charge in [-0.25, -0.2) is 9.97 Å². The van der Waals surface area contributed by atoms with E-state index in [1.807, 2.05) is 25.1 Å². The fourth-order valence-electron chi connectivity index (χ4n) is 2.40. The van der Waals surface area contributed by atoms with Gasteiger partial charge >= 0.3 is 5.97 Å². The summed E-state index contributed by atoms with van der Waals surface area (Å²) in [6.45, 7) is 4.12. The Morgan fingerprint density at radius 2 is 2.19 bits per heavy atom. The Morgan fingerprint density at radius 1 is 1.38 bits per heavy atom. The third-order valence-corrected chi connectivity index (χ3v) is 3.49. The number of nitrogens with zero attached hydrogens (tertiary/aromatic N) is 2. The van der Waals surface area contributed by atoms with E-state index in [0.717, 1.165) is 35.1 Å². The van der Waals surface area contributed by atoms with Gasteiger partial charge in [0.25, 0.3) is 0 Å². The summed E-state index contributed by atoms with van der Waals surface area (Å²) < 4.78 is 4.76. The number of fused-ring (bicyclic) bond motifs is 1. The van der Waals surface area contributed by atoms with E-state index in [4.69, 9.17) is 4.74 Å². The van der Waals surface area contributed by atoms with Crippen LogP contribution in [0.3, 0.4) is 0 Å². The summed E-state index contributed by atoms with van der Waals surface area (Å²) in [5.74, 6) is 0.557. The monoisotopic (exact) mass is 287 g/mol. The minimum Gasteiger partial charge on any atom is -0.469 e. The normalized spacial score (nSPS) is 12.1. The maximum Gasteiger partial charge on any atom is 0.307 e. The lowest BCUT2D eigenvalue weighted by Crippen LogP contribution is -2.24. The summed E-state index contributed by atoms with van der Waals surface area (Å²) in [7, 11) is 1.41. The van der Waals surface area contributed by atoms with Crippen LogP contribution >= 0.6 is 0 Å². The quantitative estimate of drug-likeness (QED) is 0.827. The molecule has 5 heteroatoms. The van der Waals surface area contributed by atoms with Gasteiger partial charge in [0.2, 0.25) is 0 Å². The van der Waals surface area contributed by atoms with Gasteiger partial charge in [-0.05, 0) is 25.0 Å². The third-order valence-electron chi connectivity index (χ3n) is 3.49. The molecular formula is C16H21N3O2. The number of ether oxygens (including phenoxy) is 1. The van der Waals surface area contributed by atoms with Crippen molar-refractivity contribution < 1.29 is 9.53 Å². The van der Waals surface area contributed by atoms with Crippen molar-refractivity contribution in [1.82, 2.24) is 9.97 Å². The predicted octanol–water partition coefficient (Wildman–Crippen LogP) is 3.08. The van der Waals surface area contributed by atoms with Crippen LogP contribution in [0.15, 0.2) is 24.5 Å². The van der Waals surface area contributed by atoms with Crippen LogP contribution in [0.5, 0.6) is 0 Å². The Hall–Kier alpha value is -2.17. The molecule has 1 aromatic carbocycles. The van der Waals surface area contributed by atoms with Crippen LogP contribution < -0.4 is 5.32 Å². The molecular weight excluding hydrogens is 266 g/mol. The zero-order valence-corrected chi connectivity index (χ0v) is 12.7. The van der Waals surface area contributed by atoms with Gasteiger partial charge in [-0.15, -0.1) is 0 Å². The van der Waals surface area contributed by atoms with Gasteiger partial charge in [0, 0.05) is 11.4 Å². The van der Waals surface area contributed by atoms with Gasteiger partial charge in [0.1, 0.15) is 12.1 Å². The molecule has 1 heterocycles. The third kappa shape index (κ3) is 3.68. The topological polar surface area (TPSA) is 64.1 Å². The number of esters is 1. The van der Waals surface area contributed by atoms with Crippen molar-refractivity contribution in [3.05, 3.63) is 30.1 Å². The van der Waals surface area contributed by atoms with Gasteiger partial charge < -0.3 is 10.1 Å². The van der Waals surface area contributed by atoms with Crippen LogP contribution in [0.2, 0.25) is 0 Å². The molecule has 112 valence electrons. The van der Waals surface area contributed by atoms with Gasteiger partial charge in [0.15, 0.2) is 0 Å². The molecule has 1 unspecified atom stereocenters. The van der Waals surface area contributed by atoms with Crippen molar-refractivity contribution in [2.24, 2.45) is 0 Å². The number of anilines is 1. The lowest BCUT2D eigenvalue weighted by molar-refractivity contribution is -0.140. The number of carbonyl (C=O) groups excluding carboxylic acids is 1. The van der Waals surface area contributed by atoms with Gasteiger partial charge in [0.05, 0.1) is 19.0 Å². The smallest absolute Gasteiger partial charge is 0.307 e. The number of benzene rings is 1. The molecule has 0 radical (unpaired) electrons. The fourth-order valence-corrected chi connectivity index (χ4v) is 2.40. The molecule has 1 atom stereocenters. The molecule has 2 aromatic rings.